The molecule has 1 fully saturated rings. The predicted molar refractivity (Wildman–Crippen MR) is 49.3 cm³/mol. The van der Waals surface area contributed by atoms with E-state index in [4.69, 9.17) is 0 Å². The van der Waals surface area contributed by atoms with Crippen molar-refractivity contribution in [2.75, 3.05) is 0 Å². The highest BCUT2D eigenvalue weighted by molar-refractivity contribution is 6.05. The maximum atomic E-state index is 11.6. The van der Waals surface area contributed by atoms with Gasteiger partial charge in [-0.05, 0) is 30.8 Å². The van der Waals surface area contributed by atoms with Crippen LogP contribution in [0.2, 0.25) is 0 Å². The van der Waals surface area contributed by atoms with Crippen molar-refractivity contribution in [2.45, 2.75) is 39.0 Å². The third-order valence-corrected chi connectivity index (χ3v) is 3.31. The van der Waals surface area contributed by atoms with E-state index in [1.54, 1.807) is 6.08 Å². The van der Waals surface area contributed by atoms with Crippen molar-refractivity contribution in [3.63, 3.8) is 0 Å². The third kappa shape index (κ3) is 1.34. The van der Waals surface area contributed by atoms with E-state index in [9.17, 15) is 9.59 Å². The molecule has 13 heavy (non-hydrogen) atoms. The van der Waals surface area contributed by atoms with E-state index in [2.05, 4.69) is 6.92 Å². The molecule has 1 saturated carbocycles. The second-order valence-electron chi connectivity index (χ2n) is 4.36. The zero-order valence-corrected chi connectivity index (χ0v) is 7.93. The number of carbonyl (C=O) groups is 2. The molecular weight excluding hydrogens is 164 g/mol. The number of Topliss-reactive ketones (excluding diaryl/α,β-unsaturated/α-hetero) is 1. The number of hydrogen-bond donors (Lipinski definition) is 0. The van der Waals surface area contributed by atoms with Crippen LogP contribution in [0.3, 0.4) is 0 Å². The molecule has 2 aliphatic carbocycles. The van der Waals surface area contributed by atoms with E-state index in [-0.39, 0.29) is 17.0 Å². The van der Waals surface area contributed by atoms with Crippen molar-refractivity contribution < 1.29 is 9.59 Å². The van der Waals surface area contributed by atoms with Crippen molar-refractivity contribution in [2.24, 2.45) is 5.41 Å². The van der Waals surface area contributed by atoms with Gasteiger partial charge in [-0.15, -0.1) is 0 Å². The highest BCUT2D eigenvalue weighted by Crippen LogP contribution is 2.44. The molecule has 2 aliphatic rings. The topological polar surface area (TPSA) is 34.1 Å². The minimum atomic E-state index is 0.0171. The Balaban J connectivity index is 2.40. The number of rotatable bonds is 0. The number of allylic oxidation sites excluding steroid dienone is 2. The summed E-state index contributed by atoms with van der Waals surface area (Å²) >= 11 is 0. The summed E-state index contributed by atoms with van der Waals surface area (Å²) in [7, 11) is 0. The Morgan fingerprint density at radius 1 is 1.23 bits per heavy atom. The molecule has 1 atom stereocenters. The first-order valence-corrected chi connectivity index (χ1v) is 4.90. The molecule has 0 heterocycles. The van der Waals surface area contributed by atoms with E-state index in [0.717, 1.165) is 24.8 Å². The maximum absolute atomic E-state index is 11.6. The van der Waals surface area contributed by atoms with Gasteiger partial charge in [-0.3, -0.25) is 9.59 Å². The number of carbonyl (C=O) groups excluding carboxylic acids is 2. The van der Waals surface area contributed by atoms with Gasteiger partial charge in [0.2, 0.25) is 0 Å². The summed E-state index contributed by atoms with van der Waals surface area (Å²) in [5.41, 5.74) is 0.818. The van der Waals surface area contributed by atoms with Crippen LogP contribution in [0.25, 0.3) is 0 Å². The molecule has 70 valence electrons. The fraction of sp³-hybridized carbons (Fsp3) is 0.636. The average molecular weight is 178 g/mol. The molecule has 0 aromatic rings. The molecule has 0 spiro atoms. The standard InChI is InChI=1S/C11H14O2/c1-11-5-2-3-10(13)9(11)7-8(12)4-6-11/h7H,2-6H2,1H3/t11-/m1/s1. The second-order valence-corrected chi connectivity index (χ2v) is 4.36. The van der Waals surface area contributed by atoms with Crippen molar-refractivity contribution in [1.82, 2.24) is 0 Å². The Bertz CT molecular complexity index is 301. The lowest BCUT2D eigenvalue weighted by atomic mass is 9.65. The number of hydrogen-bond acceptors (Lipinski definition) is 2. The summed E-state index contributed by atoms with van der Waals surface area (Å²) in [6, 6.07) is 0. The van der Waals surface area contributed by atoms with Crippen LogP contribution < -0.4 is 0 Å². The molecule has 2 nitrogen and oxygen atoms in total. The van der Waals surface area contributed by atoms with Crippen LogP contribution in [-0.4, -0.2) is 11.6 Å². The van der Waals surface area contributed by atoms with E-state index < -0.39 is 0 Å². The Morgan fingerprint density at radius 3 is 2.77 bits per heavy atom. The summed E-state index contributed by atoms with van der Waals surface area (Å²) in [6.45, 7) is 2.11. The Hall–Kier alpha value is -0.920. The Labute approximate surface area is 78.0 Å². The molecule has 0 unspecified atom stereocenters. The van der Waals surface area contributed by atoms with Gasteiger partial charge in [0, 0.05) is 18.4 Å². The third-order valence-electron chi connectivity index (χ3n) is 3.31. The molecule has 0 radical (unpaired) electrons. The molecule has 2 rings (SSSR count). The van der Waals surface area contributed by atoms with E-state index in [1.165, 1.54) is 0 Å². The minimum Gasteiger partial charge on any atom is -0.295 e. The highest BCUT2D eigenvalue weighted by Gasteiger charge is 2.39. The lowest BCUT2D eigenvalue weighted by Gasteiger charge is -2.37. The van der Waals surface area contributed by atoms with Gasteiger partial charge in [0.1, 0.15) is 0 Å². The largest absolute Gasteiger partial charge is 0.295 e. The van der Waals surface area contributed by atoms with Crippen molar-refractivity contribution in [3.05, 3.63) is 11.6 Å². The van der Waals surface area contributed by atoms with Gasteiger partial charge in [0.15, 0.2) is 11.6 Å². The van der Waals surface area contributed by atoms with Crippen LogP contribution in [-0.2, 0) is 9.59 Å². The zero-order chi connectivity index (χ0) is 9.47. The second kappa shape index (κ2) is 2.79. The quantitative estimate of drug-likeness (QED) is 0.568. The van der Waals surface area contributed by atoms with E-state index in [1.807, 2.05) is 0 Å². The van der Waals surface area contributed by atoms with Crippen molar-refractivity contribution >= 4 is 11.6 Å². The fourth-order valence-electron chi connectivity index (χ4n) is 2.39. The zero-order valence-electron chi connectivity index (χ0n) is 7.93. The number of ketones is 2. The average Bonchev–Trinajstić information content (AvgIpc) is 2.08. The SMILES string of the molecule is C[C@]12CCCC(=O)C1=CC(=O)CC2. The molecule has 0 N–H and O–H groups in total. The van der Waals surface area contributed by atoms with Gasteiger partial charge in [-0.2, -0.15) is 0 Å². The summed E-state index contributed by atoms with van der Waals surface area (Å²) in [4.78, 5) is 22.7. The Kier molecular flexibility index (Phi) is 1.86. The van der Waals surface area contributed by atoms with E-state index >= 15 is 0 Å². The first kappa shape index (κ1) is 8.67. The molecule has 0 saturated heterocycles. The van der Waals surface area contributed by atoms with Crippen LogP contribution in [0.1, 0.15) is 39.0 Å². The Morgan fingerprint density at radius 2 is 2.00 bits per heavy atom. The summed E-state index contributed by atoms with van der Waals surface area (Å²) < 4.78 is 0. The van der Waals surface area contributed by atoms with Crippen molar-refractivity contribution in [3.8, 4) is 0 Å². The first-order chi connectivity index (χ1) is 6.12. The fourth-order valence-corrected chi connectivity index (χ4v) is 2.39. The van der Waals surface area contributed by atoms with Gasteiger partial charge in [-0.25, -0.2) is 0 Å². The molecule has 0 aromatic heterocycles. The van der Waals surface area contributed by atoms with Gasteiger partial charge < -0.3 is 0 Å². The van der Waals surface area contributed by atoms with Crippen LogP contribution in [0.4, 0.5) is 0 Å². The summed E-state index contributed by atoms with van der Waals surface area (Å²) in [5, 5.41) is 0. The molecule has 0 aromatic carbocycles. The summed E-state index contributed by atoms with van der Waals surface area (Å²) in [5.74, 6) is 0.324. The number of fused-ring (bicyclic) bond motifs is 1. The normalized spacial score (nSPS) is 34.1. The molecule has 0 amide bonds. The highest BCUT2D eigenvalue weighted by atomic mass is 16.1. The van der Waals surface area contributed by atoms with Crippen LogP contribution in [0, 0.1) is 5.41 Å². The molecular formula is C11H14O2. The van der Waals surface area contributed by atoms with Gasteiger partial charge in [0.05, 0.1) is 0 Å². The van der Waals surface area contributed by atoms with Gasteiger partial charge >= 0.3 is 0 Å². The van der Waals surface area contributed by atoms with Crippen LogP contribution >= 0.6 is 0 Å². The van der Waals surface area contributed by atoms with E-state index in [0.29, 0.717) is 12.8 Å². The summed E-state index contributed by atoms with van der Waals surface area (Å²) in [6.07, 6.45) is 5.76. The molecule has 0 bridgehead atoms. The maximum Gasteiger partial charge on any atom is 0.159 e. The first-order valence-electron chi connectivity index (χ1n) is 4.90. The molecule has 0 aliphatic heterocycles. The van der Waals surface area contributed by atoms with Crippen LogP contribution in [0.15, 0.2) is 11.6 Å². The lowest BCUT2D eigenvalue weighted by molar-refractivity contribution is -0.121. The van der Waals surface area contributed by atoms with Crippen molar-refractivity contribution in [1.29, 1.82) is 0 Å². The van der Waals surface area contributed by atoms with Gasteiger partial charge in [0.25, 0.3) is 0 Å². The molecule has 2 heteroatoms. The monoisotopic (exact) mass is 178 g/mol. The minimum absolute atomic E-state index is 0.0171. The van der Waals surface area contributed by atoms with Crippen LogP contribution in [0.5, 0.6) is 0 Å². The lowest BCUT2D eigenvalue weighted by Crippen LogP contribution is -2.33. The van der Waals surface area contributed by atoms with Gasteiger partial charge in [-0.1, -0.05) is 6.92 Å². The smallest absolute Gasteiger partial charge is 0.159 e. The predicted octanol–water partition coefficient (Wildman–Crippen LogP) is 2.04.